The standard InChI is InChI=1S/C15H22N2O2/c1-10-14(11(2)19-16-10)15(18)17-9-5-7-12-6-3-4-8-13(12)17/h12-13H,3-9H2,1-2H3. The largest absolute Gasteiger partial charge is 0.361 e. The number of hydrogen-bond donors (Lipinski definition) is 0. The summed E-state index contributed by atoms with van der Waals surface area (Å²) in [5, 5.41) is 3.91. The summed E-state index contributed by atoms with van der Waals surface area (Å²) in [5.41, 5.74) is 1.41. The zero-order chi connectivity index (χ0) is 13.4. The predicted molar refractivity (Wildman–Crippen MR) is 72.0 cm³/mol. The lowest BCUT2D eigenvalue weighted by atomic mass is 9.78. The van der Waals surface area contributed by atoms with Gasteiger partial charge in [-0.1, -0.05) is 18.0 Å². The molecular weight excluding hydrogens is 240 g/mol. The Morgan fingerprint density at radius 2 is 1.95 bits per heavy atom. The maximum Gasteiger partial charge on any atom is 0.259 e. The molecule has 0 bridgehead atoms. The van der Waals surface area contributed by atoms with Gasteiger partial charge < -0.3 is 9.42 Å². The Hall–Kier alpha value is -1.32. The van der Waals surface area contributed by atoms with Gasteiger partial charge in [0.05, 0.1) is 5.69 Å². The summed E-state index contributed by atoms with van der Waals surface area (Å²) in [5.74, 6) is 1.50. The second-order valence-corrected chi connectivity index (χ2v) is 5.95. The van der Waals surface area contributed by atoms with Gasteiger partial charge in [-0.25, -0.2) is 0 Å². The fraction of sp³-hybridized carbons (Fsp3) is 0.733. The minimum atomic E-state index is 0.132. The molecule has 2 aliphatic rings. The number of piperidine rings is 1. The first kappa shape index (κ1) is 12.7. The lowest BCUT2D eigenvalue weighted by Crippen LogP contribution is -2.49. The van der Waals surface area contributed by atoms with Crippen LogP contribution in [0.1, 0.15) is 60.3 Å². The van der Waals surface area contributed by atoms with Crippen LogP contribution in [0.15, 0.2) is 4.52 Å². The minimum Gasteiger partial charge on any atom is -0.361 e. The molecule has 4 heteroatoms. The minimum absolute atomic E-state index is 0.132. The van der Waals surface area contributed by atoms with E-state index in [4.69, 9.17) is 4.52 Å². The molecule has 3 rings (SSSR count). The Labute approximate surface area is 114 Å². The maximum absolute atomic E-state index is 12.8. The summed E-state index contributed by atoms with van der Waals surface area (Å²) >= 11 is 0. The molecule has 2 unspecified atom stereocenters. The van der Waals surface area contributed by atoms with Gasteiger partial charge in [0.1, 0.15) is 11.3 Å². The molecule has 0 N–H and O–H groups in total. The summed E-state index contributed by atoms with van der Waals surface area (Å²) in [4.78, 5) is 14.9. The van der Waals surface area contributed by atoms with E-state index in [1.807, 2.05) is 13.8 Å². The number of rotatable bonds is 1. The normalized spacial score (nSPS) is 27.2. The van der Waals surface area contributed by atoms with Crippen LogP contribution in [0.2, 0.25) is 0 Å². The van der Waals surface area contributed by atoms with Crippen molar-refractivity contribution in [2.24, 2.45) is 5.92 Å². The molecule has 19 heavy (non-hydrogen) atoms. The van der Waals surface area contributed by atoms with Crippen molar-refractivity contribution in [3.05, 3.63) is 17.0 Å². The number of likely N-dealkylation sites (tertiary alicyclic amines) is 1. The first-order valence-electron chi connectivity index (χ1n) is 7.42. The van der Waals surface area contributed by atoms with Gasteiger partial charge in [0.15, 0.2) is 0 Å². The summed E-state index contributed by atoms with van der Waals surface area (Å²) in [6.45, 7) is 4.58. The molecular formula is C15H22N2O2. The Bertz CT molecular complexity index is 459. The number of nitrogens with zero attached hydrogens (tertiary/aromatic N) is 2. The number of amides is 1. The van der Waals surface area contributed by atoms with E-state index >= 15 is 0 Å². The van der Waals surface area contributed by atoms with Crippen molar-refractivity contribution >= 4 is 5.91 Å². The van der Waals surface area contributed by atoms with Crippen LogP contribution < -0.4 is 0 Å². The summed E-state index contributed by atoms with van der Waals surface area (Å²) < 4.78 is 5.15. The molecule has 1 aromatic rings. The van der Waals surface area contributed by atoms with Crippen molar-refractivity contribution in [3.8, 4) is 0 Å². The smallest absolute Gasteiger partial charge is 0.259 e. The quantitative estimate of drug-likeness (QED) is 0.781. The molecule has 0 spiro atoms. The summed E-state index contributed by atoms with van der Waals surface area (Å²) in [7, 11) is 0. The van der Waals surface area contributed by atoms with E-state index in [-0.39, 0.29) is 5.91 Å². The molecule has 1 aromatic heterocycles. The van der Waals surface area contributed by atoms with E-state index in [2.05, 4.69) is 10.1 Å². The van der Waals surface area contributed by atoms with E-state index in [1.54, 1.807) is 0 Å². The number of fused-ring (bicyclic) bond motifs is 1. The second kappa shape index (κ2) is 4.99. The van der Waals surface area contributed by atoms with E-state index in [9.17, 15) is 4.79 Å². The molecule has 1 aliphatic carbocycles. The molecule has 0 aromatic carbocycles. The van der Waals surface area contributed by atoms with Gasteiger partial charge >= 0.3 is 0 Å². The molecule has 2 fully saturated rings. The van der Waals surface area contributed by atoms with Crippen molar-refractivity contribution in [1.82, 2.24) is 10.1 Å². The molecule has 2 heterocycles. The second-order valence-electron chi connectivity index (χ2n) is 5.95. The van der Waals surface area contributed by atoms with Crippen molar-refractivity contribution < 1.29 is 9.32 Å². The SMILES string of the molecule is Cc1noc(C)c1C(=O)N1CCCC2CCCCC21. The van der Waals surface area contributed by atoms with Gasteiger partial charge in [-0.15, -0.1) is 0 Å². The van der Waals surface area contributed by atoms with Crippen molar-refractivity contribution in [1.29, 1.82) is 0 Å². The summed E-state index contributed by atoms with van der Waals surface area (Å²) in [6, 6.07) is 0.448. The van der Waals surface area contributed by atoms with Gasteiger partial charge in [-0.2, -0.15) is 0 Å². The third-order valence-corrected chi connectivity index (χ3v) is 4.75. The van der Waals surface area contributed by atoms with Crippen LogP contribution in [-0.2, 0) is 0 Å². The van der Waals surface area contributed by atoms with Gasteiger partial charge in [0, 0.05) is 12.6 Å². The molecule has 1 saturated heterocycles. The molecule has 104 valence electrons. The summed E-state index contributed by atoms with van der Waals surface area (Å²) in [6.07, 6.45) is 7.46. The number of hydrogen-bond acceptors (Lipinski definition) is 3. The maximum atomic E-state index is 12.8. The van der Waals surface area contributed by atoms with Crippen LogP contribution in [-0.4, -0.2) is 28.6 Å². The van der Waals surface area contributed by atoms with Crippen molar-refractivity contribution in [3.63, 3.8) is 0 Å². The molecule has 4 nitrogen and oxygen atoms in total. The van der Waals surface area contributed by atoms with Crippen LogP contribution in [0.4, 0.5) is 0 Å². The van der Waals surface area contributed by atoms with Crippen molar-refractivity contribution in [2.45, 2.75) is 58.4 Å². The molecule has 0 radical (unpaired) electrons. The van der Waals surface area contributed by atoms with Gasteiger partial charge in [0.2, 0.25) is 0 Å². The molecule has 2 atom stereocenters. The zero-order valence-corrected chi connectivity index (χ0v) is 11.8. The highest BCUT2D eigenvalue weighted by Gasteiger charge is 2.37. The number of carbonyl (C=O) groups excluding carboxylic acids is 1. The topological polar surface area (TPSA) is 46.3 Å². The highest BCUT2D eigenvalue weighted by Crippen LogP contribution is 2.36. The van der Waals surface area contributed by atoms with Crippen LogP contribution in [0.5, 0.6) is 0 Å². The van der Waals surface area contributed by atoms with E-state index in [0.29, 0.717) is 23.3 Å². The lowest BCUT2D eigenvalue weighted by molar-refractivity contribution is 0.0388. The Morgan fingerprint density at radius 3 is 2.68 bits per heavy atom. The van der Waals surface area contributed by atoms with E-state index in [0.717, 1.165) is 18.7 Å². The van der Waals surface area contributed by atoms with Gasteiger partial charge in [-0.05, 0) is 45.4 Å². The lowest BCUT2D eigenvalue weighted by Gasteiger charge is -2.44. The van der Waals surface area contributed by atoms with Gasteiger partial charge in [-0.3, -0.25) is 4.79 Å². The van der Waals surface area contributed by atoms with Gasteiger partial charge in [0.25, 0.3) is 5.91 Å². The van der Waals surface area contributed by atoms with Crippen molar-refractivity contribution in [2.75, 3.05) is 6.54 Å². The average molecular weight is 262 g/mol. The fourth-order valence-corrected chi connectivity index (χ4v) is 3.81. The third kappa shape index (κ3) is 2.17. The Balaban J connectivity index is 1.86. The Kier molecular flexibility index (Phi) is 3.33. The molecule has 1 saturated carbocycles. The van der Waals surface area contributed by atoms with E-state index < -0.39 is 0 Å². The first-order valence-corrected chi connectivity index (χ1v) is 7.42. The molecule has 1 amide bonds. The number of carbonyl (C=O) groups is 1. The Morgan fingerprint density at radius 1 is 1.21 bits per heavy atom. The number of aromatic nitrogens is 1. The predicted octanol–water partition coefficient (Wildman–Crippen LogP) is 3.09. The zero-order valence-electron chi connectivity index (χ0n) is 11.8. The van der Waals surface area contributed by atoms with Crippen LogP contribution in [0.3, 0.4) is 0 Å². The highest BCUT2D eigenvalue weighted by atomic mass is 16.5. The van der Waals surface area contributed by atoms with E-state index in [1.165, 1.54) is 32.1 Å². The monoisotopic (exact) mass is 262 g/mol. The number of aryl methyl sites for hydroxylation is 2. The van der Waals surface area contributed by atoms with Crippen LogP contribution >= 0.6 is 0 Å². The van der Waals surface area contributed by atoms with Crippen LogP contribution in [0.25, 0.3) is 0 Å². The average Bonchev–Trinajstić information content (AvgIpc) is 2.77. The third-order valence-electron chi connectivity index (χ3n) is 4.75. The first-order chi connectivity index (χ1) is 9.18. The highest BCUT2D eigenvalue weighted by molar-refractivity contribution is 5.96. The fourth-order valence-electron chi connectivity index (χ4n) is 3.81. The molecule has 1 aliphatic heterocycles. The van der Waals surface area contributed by atoms with Crippen LogP contribution in [0, 0.1) is 19.8 Å².